The van der Waals surface area contributed by atoms with Crippen LogP contribution in [0.3, 0.4) is 0 Å². The molecule has 2 aromatic rings. The normalized spacial score (nSPS) is 20.3. The number of aromatic nitrogens is 3. The number of thioether (sulfide) groups is 1. The molecule has 2 aliphatic heterocycles. The second-order valence-electron chi connectivity index (χ2n) is 8.56. The molecule has 0 radical (unpaired) electrons. The van der Waals surface area contributed by atoms with E-state index in [2.05, 4.69) is 9.97 Å². The van der Waals surface area contributed by atoms with Crippen LogP contribution in [-0.4, -0.2) is 49.3 Å². The molecule has 4 rings (SSSR count). The molecular weight excluding hydrogens is 404 g/mol. The van der Waals surface area contributed by atoms with Crippen LogP contribution in [0.15, 0.2) is 32.9 Å². The largest absolute Gasteiger partial charge is 0.493 e. The van der Waals surface area contributed by atoms with Gasteiger partial charge in [-0.25, -0.2) is 0 Å². The number of H-pyrrole nitrogens is 1. The maximum absolute atomic E-state index is 12.8. The van der Waals surface area contributed by atoms with Crippen LogP contribution in [-0.2, 0) is 17.8 Å². The molecule has 2 aliphatic rings. The number of amides is 1. The molecule has 0 saturated carbocycles. The van der Waals surface area contributed by atoms with Gasteiger partial charge in [0.2, 0.25) is 11.8 Å². The van der Waals surface area contributed by atoms with Crippen LogP contribution >= 0.6 is 11.8 Å². The Kier molecular flexibility index (Phi) is 5.73. The third-order valence-electron chi connectivity index (χ3n) is 5.75. The highest BCUT2D eigenvalue weighted by Crippen LogP contribution is 2.35. The van der Waals surface area contributed by atoms with E-state index < -0.39 is 0 Å². The Morgan fingerprint density at radius 1 is 1.30 bits per heavy atom. The summed E-state index contributed by atoms with van der Waals surface area (Å²) in [5.74, 6) is 0.484. The van der Waals surface area contributed by atoms with E-state index in [1.807, 2.05) is 29.4 Å². The lowest BCUT2D eigenvalue weighted by molar-refractivity contribution is -0.131. The predicted molar refractivity (Wildman–Crippen MR) is 114 cm³/mol. The molecule has 0 aromatic carbocycles. The number of rotatable bonds is 5. The van der Waals surface area contributed by atoms with E-state index in [9.17, 15) is 19.5 Å². The van der Waals surface area contributed by atoms with Gasteiger partial charge in [0.25, 0.3) is 11.1 Å². The van der Waals surface area contributed by atoms with E-state index in [4.69, 9.17) is 0 Å². The minimum absolute atomic E-state index is 0.0216. The number of hydrogen-bond donors (Lipinski definition) is 2. The van der Waals surface area contributed by atoms with E-state index in [0.29, 0.717) is 26.1 Å². The summed E-state index contributed by atoms with van der Waals surface area (Å²) in [7, 11) is 0. The van der Waals surface area contributed by atoms with Crippen LogP contribution in [0, 0.1) is 11.8 Å². The van der Waals surface area contributed by atoms with Gasteiger partial charge in [-0.05, 0) is 30.7 Å². The van der Waals surface area contributed by atoms with Gasteiger partial charge in [-0.3, -0.25) is 14.4 Å². The summed E-state index contributed by atoms with van der Waals surface area (Å²) < 4.78 is 1.84. The Morgan fingerprint density at radius 3 is 2.83 bits per heavy atom. The topological polar surface area (TPSA) is 108 Å². The zero-order chi connectivity index (χ0) is 21.4. The Hall–Kier alpha value is -2.55. The van der Waals surface area contributed by atoms with Crippen molar-refractivity contribution in [3.05, 3.63) is 50.2 Å². The molecule has 0 aliphatic carbocycles. The number of carbonyl (C=O) groups excluding carboxylic acids is 1. The fraction of sp³-hybridized carbons (Fsp3) is 0.524. The first-order valence-electron chi connectivity index (χ1n) is 10.2. The molecule has 4 heterocycles. The maximum Gasteiger partial charge on any atom is 0.258 e. The molecule has 9 heteroatoms. The van der Waals surface area contributed by atoms with Crippen molar-refractivity contribution in [3.8, 4) is 5.88 Å². The van der Waals surface area contributed by atoms with Gasteiger partial charge in [0.15, 0.2) is 5.16 Å². The molecule has 0 spiro atoms. The van der Waals surface area contributed by atoms with Crippen molar-refractivity contribution in [3.63, 3.8) is 0 Å². The fourth-order valence-electron chi connectivity index (χ4n) is 4.45. The van der Waals surface area contributed by atoms with Gasteiger partial charge in [-0.2, -0.15) is 4.98 Å². The van der Waals surface area contributed by atoms with Gasteiger partial charge in [0, 0.05) is 37.3 Å². The fourth-order valence-corrected chi connectivity index (χ4v) is 5.21. The average Bonchev–Trinajstić information content (AvgIpc) is 2.69. The number of fused-ring (bicyclic) bond motifs is 4. The van der Waals surface area contributed by atoms with Crippen LogP contribution in [0.2, 0.25) is 0 Å². The molecule has 2 N–H and O–H groups in total. The molecule has 2 aromatic heterocycles. The van der Waals surface area contributed by atoms with E-state index in [-0.39, 0.29) is 57.1 Å². The Balaban J connectivity index is 1.42. The Morgan fingerprint density at radius 2 is 2.10 bits per heavy atom. The molecule has 1 saturated heterocycles. The smallest absolute Gasteiger partial charge is 0.258 e. The summed E-state index contributed by atoms with van der Waals surface area (Å²) in [6.45, 7) is 5.77. The molecule has 1 fully saturated rings. The summed E-state index contributed by atoms with van der Waals surface area (Å²) >= 11 is 1.12. The zero-order valence-electron chi connectivity index (χ0n) is 17.1. The van der Waals surface area contributed by atoms with Crippen molar-refractivity contribution in [2.24, 2.45) is 11.8 Å². The lowest BCUT2D eigenvalue weighted by Crippen LogP contribution is -2.49. The van der Waals surface area contributed by atoms with Crippen molar-refractivity contribution in [2.45, 2.75) is 44.3 Å². The van der Waals surface area contributed by atoms with Crippen molar-refractivity contribution in [2.75, 3.05) is 18.8 Å². The molecule has 8 nitrogen and oxygen atoms in total. The van der Waals surface area contributed by atoms with Crippen molar-refractivity contribution < 1.29 is 9.90 Å². The first kappa shape index (κ1) is 20.7. The van der Waals surface area contributed by atoms with Crippen LogP contribution in [0.4, 0.5) is 0 Å². The molecule has 0 unspecified atom stereocenters. The lowest BCUT2D eigenvalue weighted by Gasteiger charge is -2.42. The van der Waals surface area contributed by atoms with E-state index in [1.54, 1.807) is 12.1 Å². The number of hydrogen-bond acceptors (Lipinski definition) is 6. The highest BCUT2D eigenvalue weighted by molar-refractivity contribution is 7.99. The monoisotopic (exact) mass is 430 g/mol. The number of nitrogens with one attached hydrogen (secondary N) is 1. The van der Waals surface area contributed by atoms with Crippen LogP contribution in [0.5, 0.6) is 5.88 Å². The Labute approximate surface area is 178 Å². The third-order valence-corrected chi connectivity index (χ3v) is 6.61. The molecule has 2 atom stereocenters. The van der Waals surface area contributed by atoms with E-state index in [0.717, 1.165) is 23.9 Å². The molecule has 1 amide bonds. The summed E-state index contributed by atoms with van der Waals surface area (Å²) in [6, 6.07) is 5.34. The van der Waals surface area contributed by atoms with Gasteiger partial charge >= 0.3 is 0 Å². The number of likely N-dealkylation sites (tertiary alicyclic amines) is 1. The maximum atomic E-state index is 12.8. The average molecular weight is 431 g/mol. The van der Waals surface area contributed by atoms with Crippen molar-refractivity contribution in [1.29, 1.82) is 0 Å². The van der Waals surface area contributed by atoms with Crippen LogP contribution in [0.1, 0.15) is 37.4 Å². The summed E-state index contributed by atoms with van der Waals surface area (Å²) in [4.78, 5) is 45.7. The van der Waals surface area contributed by atoms with Crippen LogP contribution < -0.4 is 11.1 Å². The van der Waals surface area contributed by atoms with Crippen molar-refractivity contribution >= 4 is 17.7 Å². The number of carbonyl (C=O) groups is 1. The number of piperidine rings is 1. The van der Waals surface area contributed by atoms with Gasteiger partial charge in [0.1, 0.15) is 0 Å². The highest BCUT2D eigenvalue weighted by Gasteiger charge is 2.36. The summed E-state index contributed by atoms with van der Waals surface area (Å²) in [5, 5.41) is 10.3. The first-order chi connectivity index (χ1) is 14.3. The first-order valence-corrected chi connectivity index (χ1v) is 11.2. The predicted octanol–water partition coefficient (Wildman–Crippen LogP) is 1.57. The second kappa shape index (κ2) is 8.29. The summed E-state index contributed by atoms with van der Waals surface area (Å²) in [6.07, 6.45) is 1.43. The van der Waals surface area contributed by atoms with Gasteiger partial charge < -0.3 is 19.6 Å². The Bertz CT molecular complexity index is 1080. The minimum Gasteiger partial charge on any atom is -0.493 e. The second-order valence-corrected chi connectivity index (χ2v) is 9.52. The lowest BCUT2D eigenvalue weighted by atomic mass is 9.83. The SMILES string of the molecule is CC(C)Cc1c(O)nc(SCC(=O)N2C[C@@H]3C[C@@H](C2)c2cccc(=O)n2C3)[nH]c1=O. The standard InChI is InChI=1S/C21H26N4O4S/c1-12(2)6-15-19(28)22-21(23-20(15)29)30-11-18(27)24-8-13-7-14(10-24)16-4-3-5-17(26)25(16)9-13/h3-5,12-14H,6-11H2,1-2H3,(H2,22,23,28,29)/t13-,14-/m0/s1. The molecule has 160 valence electrons. The number of pyridine rings is 1. The zero-order valence-corrected chi connectivity index (χ0v) is 17.9. The van der Waals surface area contributed by atoms with Gasteiger partial charge in [-0.15, -0.1) is 0 Å². The highest BCUT2D eigenvalue weighted by atomic mass is 32.2. The van der Waals surface area contributed by atoms with Crippen molar-refractivity contribution in [1.82, 2.24) is 19.4 Å². The van der Waals surface area contributed by atoms with E-state index >= 15 is 0 Å². The summed E-state index contributed by atoms with van der Waals surface area (Å²) in [5.41, 5.74) is 0.938. The molecular formula is C21H26N4O4S. The number of nitrogens with zero attached hydrogens (tertiary/aromatic N) is 3. The van der Waals surface area contributed by atoms with Crippen LogP contribution in [0.25, 0.3) is 0 Å². The minimum atomic E-state index is -0.360. The molecule has 30 heavy (non-hydrogen) atoms. The number of aromatic amines is 1. The quantitative estimate of drug-likeness (QED) is 0.551. The van der Waals surface area contributed by atoms with Gasteiger partial charge in [-0.1, -0.05) is 31.7 Å². The molecule has 2 bridgehead atoms. The van der Waals surface area contributed by atoms with E-state index in [1.165, 1.54) is 0 Å². The number of aromatic hydroxyl groups is 1. The van der Waals surface area contributed by atoms with Gasteiger partial charge in [0.05, 0.1) is 11.3 Å². The third kappa shape index (κ3) is 4.16.